The maximum atomic E-state index is 11.6. The molecule has 1 aromatic rings. The zero-order chi connectivity index (χ0) is 14.8. The summed E-state index contributed by atoms with van der Waals surface area (Å²) in [4.78, 5) is 11.6. The Morgan fingerprint density at radius 2 is 2.15 bits per heavy atom. The molecule has 1 amide bonds. The molecule has 0 spiro atoms. The van der Waals surface area contributed by atoms with Crippen LogP contribution in [0, 0.1) is 0 Å². The number of hydrogen-bond acceptors (Lipinski definition) is 3. The molecule has 4 nitrogen and oxygen atoms in total. The summed E-state index contributed by atoms with van der Waals surface area (Å²) in [5, 5.41) is 2.81. The van der Waals surface area contributed by atoms with Gasteiger partial charge in [-0.15, -0.1) is 0 Å². The number of amides is 1. The molecule has 0 bridgehead atoms. The van der Waals surface area contributed by atoms with Gasteiger partial charge in [-0.05, 0) is 31.0 Å². The topological polar surface area (TPSA) is 47.6 Å². The molecule has 1 rings (SSSR count). The van der Waals surface area contributed by atoms with Crippen molar-refractivity contribution in [1.29, 1.82) is 0 Å². The zero-order valence-electron chi connectivity index (χ0n) is 12.4. The van der Waals surface area contributed by atoms with Gasteiger partial charge in [0.05, 0.1) is 7.11 Å². The fourth-order valence-electron chi connectivity index (χ4n) is 1.70. The summed E-state index contributed by atoms with van der Waals surface area (Å²) < 4.78 is 10.8. The van der Waals surface area contributed by atoms with Gasteiger partial charge < -0.3 is 14.8 Å². The summed E-state index contributed by atoms with van der Waals surface area (Å²) in [6.07, 6.45) is 5.97. The van der Waals surface area contributed by atoms with Gasteiger partial charge >= 0.3 is 0 Å². The Morgan fingerprint density at radius 1 is 1.35 bits per heavy atom. The second kappa shape index (κ2) is 9.02. The Hall–Kier alpha value is -1.97. The van der Waals surface area contributed by atoms with E-state index in [-0.39, 0.29) is 12.5 Å². The first kappa shape index (κ1) is 16.1. The molecule has 0 saturated carbocycles. The van der Waals surface area contributed by atoms with Gasteiger partial charge in [-0.1, -0.05) is 31.6 Å². The quantitative estimate of drug-likeness (QED) is 0.743. The van der Waals surface area contributed by atoms with Crippen molar-refractivity contribution in [3.05, 3.63) is 29.8 Å². The number of carbonyl (C=O) groups is 1. The highest BCUT2D eigenvalue weighted by Gasteiger charge is 2.07. The van der Waals surface area contributed by atoms with Crippen LogP contribution in [0.2, 0.25) is 0 Å². The highest BCUT2D eigenvalue weighted by molar-refractivity contribution is 5.77. The van der Waals surface area contributed by atoms with Crippen molar-refractivity contribution in [3.8, 4) is 11.5 Å². The third-order valence-electron chi connectivity index (χ3n) is 2.76. The maximum absolute atomic E-state index is 11.6. The summed E-state index contributed by atoms with van der Waals surface area (Å²) in [6.45, 7) is 4.73. The number of allylic oxidation sites excluding steroid dienone is 1. The summed E-state index contributed by atoms with van der Waals surface area (Å²) in [6, 6.07) is 5.62. The third kappa shape index (κ3) is 5.34. The minimum atomic E-state index is -0.113. The van der Waals surface area contributed by atoms with Crippen LogP contribution in [0.5, 0.6) is 11.5 Å². The second-order valence-electron chi connectivity index (χ2n) is 4.40. The number of nitrogens with one attached hydrogen (secondary N) is 1. The predicted molar refractivity (Wildman–Crippen MR) is 81.1 cm³/mol. The lowest BCUT2D eigenvalue weighted by Gasteiger charge is -2.11. The maximum Gasteiger partial charge on any atom is 0.257 e. The lowest BCUT2D eigenvalue weighted by Crippen LogP contribution is -2.29. The van der Waals surface area contributed by atoms with Gasteiger partial charge in [0, 0.05) is 6.54 Å². The first-order valence-electron chi connectivity index (χ1n) is 6.91. The molecule has 0 unspecified atom stereocenters. The number of hydrogen-bond donors (Lipinski definition) is 1. The van der Waals surface area contributed by atoms with Gasteiger partial charge in [0.15, 0.2) is 18.1 Å². The van der Waals surface area contributed by atoms with Crippen LogP contribution >= 0.6 is 0 Å². The number of ether oxygens (including phenoxy) is 2. The molecule has 0 heterocycles. The molecule has 0 aliphatic heterocycles. The van der Waals surface area contributed by atoms with E-state index in [9.17, 15) is 4.79 Å². The minimum absolute atomic E-state index is 0.00301. The molecule has 0 atom stereocenters. The van der Waals surface area contributed by atoms with Crippen LogP contribution in [0.4, 0.5) is 0 Å². The van der Waals surface area contributed by atoms with Gasteiger partial charge in [0.2, 0.25) is 0 Å². The van der Waals surface area contributed by atoms with Gasteiger partial charge in [0.1, 0.15) is 0 Å². The lowest BCUT2D eigenvalue weighted by atomic mass is 10.2. The third-order valence-corrected chi connectivity index (χ3v) is 2.76. The number of rotatable bonds is 8. The molecule has 0 aliphatic carbocycles. The molecule has 0 fully saturated rings. The Balaban J connectivity index is 2.56. The Bertz CT molecular complexity index is 455. The minimum Gasteiger partial charge on any atom is -0.493 e. The highest BCUT2D eigenvalue weighted by atomic mass is 16.5. The number of benzene rings is 1. The fourth-order valence-corrected chi connectivity index (χ4v) is 1.70. The van der Waals surface area contributed by atoms with Crippen molar-refractivity contribution in [3.63, 3.8) is 0 Å². The van der Waals surface area contributed by atoms with E-state index in [1.807, 2.05) is 37.3 Å². The summed E-state index contributed by atoms with van der Waals surface area (Å²) >= 11 is 0. The van der Waals surface area contributed by atoms with Crippen molar-refractivity contribution in [2.24, 2.45) is 0 Å². The van der Waals surface area contributed by atoms with E-state index in [1.54, 1.807) is 7.11 Å². The van der Waals surface area contributed by atoms with Crippen molar-refractivity contribution in [1.82, 2.24) is 5.32 Å². The summed E-state index contributed by atoms with van der Waals surface area (Å²) in [5.41, 5.74) is 1.03. The summed E-state index contributed by atoms with van der Waals surface area (Å²) in [7, 11) is 1.59. The first-order chi connectivity index (χ1) is 9.71. The first-order valence-corrected chi connectivity index (χ1v) is 6.91. The molecule has 0 aromatic heterocycles. The Labute approximate surface area is 120 Å². The van der Waals surface area contributed by atoms with E-state index in [0.717, 1.165) is 18.4 Å². The van der Waals surface area contributed by atoms with Crippen LogP contribution in [0.15, 0.2) is 24.3 Å². The van der Waals surface area contributed by atoms with Gasteiger partial charge in [-0.2, -0.15) is 0 Å². The van der Waals surface area contributed by atoms with E-state index in [2.05, 4.69) is 12.2 Å². The van der Waals surface area contributed by atoms with Crippen LogP contribution in [0.25, 0.3) is 6.08 Å². The molecule has 1 aromatic carbocycles. The van der Waals surface area contributed by atoms with Crippen LogP contribution in [-0.2, 0) is 4.79 Å². The molecule has 110 valence electrons. The van der Waals surface area contributed by atoms with Gasteiger partial charge in [0.25, 0.3) is 5.91 Å². The van der Waals surface area contributed by atoms with Gasteiger partial charge in [-0.3, -0.25) is 4.79 Å². The van der Waals surface area contributed by atoms with Crippen LogP contribution < -0.4 is 14.8 Å². The van der Waals surface area contributed by atoms with Crippen molar-refractivity contribution in [2.45, 2.75) is 26.7 Å². The molecule has 0 radical (unpaired) electrons. The number of unbranched alkanes of at least 4 members (excludes halogenated alkanes) is 1. The fraction of sp³-hybridized carbons (Fsp3) is 0.438. The van der Waals surface area contributed by atoms with Crippen molar-refractivity contribution in [2.75, 3.05) is 20.3 Å². The average Bonchev–Trinajstić information content (AvgIpc) is 2.46. The van der Waals surface area contributed by atoms with Gasteiger partial charge in [-0.25, -0.2) is 0 Å². The molecule has 4 heteroatoms. The van der Waals surface area contributed by atoms with Crippen LogP contribution in [-0.4, -0.2) is 26.2 Å². The van der Waals surface area contributed by atoms with E-state index < -0.39 is 0 Å². The Kier molecular flexibility index (Phi) is 7.25. The molecule has 1 N–H and O–H groups in total. The Morgan fingerprint density at radius 3 is 2.80 bits per heavy atom. The molecule has 0 saturated heterocycles. The highest BCUT2D eigenvalue weighted by Crippen LogP contribution is 2.28. The van der Waals surface area contributed by atoms with E-state index in [0.29, 0.717) is 18.0 Å². The van der Waals surface area contributed by atoms with Crippen molar-refractivity contribution >= 4 is 12.0 Å². The number of carbonyl (C=O) groups excluding carboxylic acids is 1. The zero-order valence-corrected chi connectivity index (χ0v) is 12.4. The molecular weight excluding hydrogens is 254 g/mol. The largest absolute Gasteiger partial charge is 0.493 e. The average molecular weight is 277 g/mol. The predicted octanol–water partition coefficient (Wildman–Crippen LogP) is 3.02. The van der Waals surface area contributed by atoms with E-state index >= 15 is 0 Å². The van der Waals surface area contributed by atoms with Crippen molar-refractivity contribution < 1.29 is 14.3 Å². The van der Waals surface area contributed by atoms with Crippen LogP contribution in [0.1, 0.15) is 32.3 Å². The summed E-state index contributed by atoms with van der Waals surface area (Å²) in [5.74, 6) is 1.09. The smallest absolute Gasteiger partial charge is 0.257 e. The molecule has 0 aliphatic rings. The van der Waals surface area contributed by atoms with Crippen LogP contribution in [0.3, 0.4) is 0 Å². The normalized spacial score (nSPS) is 10.6. The SMILES string of the molecule is CC=Cc1ccc(OCC(=O)NCCCC)c(OC)c1. The molecular formula is C16H23NO3. The monoisotopic (exact) mass is 277 g/mol. The molecule has 20 heavy (non-hydrogen) atoms. The second-order valence-corrected chi connectivity index (χ2v) is 4.40. The standard InChI is InChI=1S/C16H23NO3/c1-4-6-10-17-16(18)12-20-14-9-8-13(7-5-2)11-15(14)19-3/h5,7-9,11H,4,6,10,12H2,1-3H3,(H,17,18). The lowest BCUT2D eigenvalue weighted by molar-refractivity contribution is -0.123. The van der Waals surface area contributed by atoms with E-state index in [1.165, 1.54) is 0 Å². The number of methoxy groups -OCH3 is 1. The van der Waals surface area contributed by atoms with E-state index in [4.69, 9.17) is 9.47 Å².